The normalized spacial score (nSPS) is 15.5. The van der Waals surface area contributed by atoms with Gasteiger partial charge in [0.2, 0.25) is 0 Å². The summed E-state index contributed by atoms with van der Waals surface area (Å²) in [7, 11) is 0. The lowest BCUT2D eigenvalue weighted by Gasteiger charge is -2.24. The summed E-state index contributed by atoms with van der Waals surface area (Å²) in [6.45, 7) is 7.35. The predicted octanol–water partition coefficient (Wildman–Crippen LogP) is 6.00. The van der Waals surface area contributed by atoms with Gasteiger partial charge >= 0.3 is 0 Å². The third kappa shape index (κ3) is 3.85. The van der Waals surface area contributed by atoms with E-state index in [0.717, 1.165) is 14.7 Å². The van der Waals surface area contributed by atoms with Gasteiger partial charge in [-0.3, -0.25) is 0 Å². The van der Waals surface area contributed by atoms with E-state index in [0.29, 0.717) is 6.61 Å². The average Bonchev–Trinajstić information content (AvgIpc) is 2.78. The molecule has 104 valence electrons. The van der Waals surface area contributed by atoms with Gasteiger partial charge in [-0.25, -0.2) is 0 Å². The van der Waals surface area contributed by atoms with E-state index in [1.54, 1.807) is 0 Å². The molecule has 2 rings (SSSR count). The van der Waals surface area contributed by atoms with Crippen LogP contribution in [0.3, 0.4) is 0 Å². The molecule has 0 saturated carbocycles. The lowest BCUT2D eigenvalue weighted by atomic mass is 9.86. The molecular formula is C16H20Br2O. The Kier molecular flexibility index (Phi) is 4.78. The Labute approximate surface area is 132 Å². The minimum atomic E-state index is 0.0612. The Bertz CT molecular complexity index is 498. The molecule has 1 aromatic rings. The van der Waals surface area contributed by atoms with E-state index in [9.17, 15) is 0 Å². The summed E-state index contributed by atoms with van der Waals surface area (Å²) in [6, 6.07) is 4.21. The summed E-state index contributed by atoms with van der Waals surface area (Å²) in [5, 5.41) is 0. The second-order valence-electron chi connectivity index (χ2n) is 6.06. The standard InChI is InChI=1S/C16H20Br2O/c1-16(2,3)13-8-12(17)9-14(18)15(13)19-10-11-6-4-5-7-11/h6,8-9H,4-5,7,10H2,1-3H3. The molecule has 0 atom stereocenters. The fraction of sp³-hybridized carbons (Fsp3) is 0.500. The fourth-order valence-electron chi connectivity index (χ4n) is 2.30. The minimum Gasteiger partial charge on any atom is -0.488 e. The molecule has 0 bridgehead atoms. The van der Waals surface area contributed by atoms with Crippen molar-refractivity contribution in [2.45, 2.75) is 45.4 Å². The Balaban J connectivity index is 2.27. The summed E-state index contributed by atoms with van der Waals surface area (Å²) in [4.78, 5) is 0. The van der Waals surface area contributed by atoms with Crippen molar-refractivity contribution in [3.8, 4) is 5.75 Å². The van der Waals surface area contributed by atoms with Crippen molar-refractivity contribution in [1.82, 2.24) is 0 Å². The van der Waals surface area contributed by atoms with Crippen LogP contribution in [0.15, 0.2) is 32.7 Å². The number of hydrogen-bond acceptors (Lipinski definition) is 1. The summed E-state index contributed by atoms with van der Waals surface area (Å²) >= 11 is 7.19. The van der Waals surface area contributed by atoms with Crippen molar-refractivity contribution in [1.29, 1.82) is 0 Å². The molecule has 0 heterocycles. The van der Waals surface area contributed by atoms with E-state index in [-0.39, 0.29) is 5.41 Å². The van der Waals surface area contributed by atoms with E-state index >= 15 is 0 Å². The van der Waals surface area contributed by atoms with Crippen LogP contribution in [0, 0.1) is 0 Å². The monoisotopic (exact) mass is 386 g/mol. The lowest BCUT2D eigenvalue weighted by Crippen LogP contribution is -2.14. The van der Waals surface area contributed by atoms with Gasteiger partial charge in [0.15, 0.2) is 0 Å². The zero-order valence-electron chi connectivity index (χ0n) is 11.7. The summed E-state index contributed by atoms with van der Waals surface area (Å²) in [6.07, 6.45) is 5.96. The fourth-order valence-corrected chi connectivity index (χ4v) is 3.64. The first kappa shape index (κ1) is 15.1. The molecule has 0 radical (unpaired) electrons. The minimum absolute atomic E-state index is 0.0612. The molecule has 1 aliphatic carbocycles. The molecule has 1 nitrogen and oxygen atoms in total. The highest BCUT2D eigenvalue weighted by atomic mass is 79.9. The maximum absolute atomic E-state index is 6.10. The first-order valence-electron chi connectivity index (χ1n) is 6.68. The van der Waals surface area contributed by atoms with Crippen molar-refractivity contribution in [2.24, 2.45) is 0 Å². The Morgan fingerprint density at radius 3 is 2.53 bits per heavy atom. The highest BCUT2D eigenvalue weighted by Gasteiger charge is 2.22. The van der Waals surface area contributed by atoms with Gasteiger partial charge in [0.25, 0.3) is 0 Å². The molecule has 1 aromatic carbocycles. The van der Waals surface area contributed by atoms with E-state index < -0.39 is 0 Å². The molecule has 0 unspecified atom stereocenters. The van der Waals surface area contributed by atoms with Crippen LogP contribution < -0.4 is 4.74 Å². The number of halogens is 2. The van der Waals surface area contributed by atoms with Gasteiger partial charge in [-0.05, 0) is 58.3 Å². The number of allylic oxidation sites excluding steroid dienone is 1. The van der Waals surface area contributed by atoms with Crippen LogP contribution in [0.2, 0.25) is 0 Å². The summed E-state index contributed by atoms with van der Waals surface area (Å²) in [5.74, 6) is 0.975. The van der Waals surface area contributed by atoms with Crippen LogP contribution in [0.1, 0.15) is 45.6 Å². The first-order valence-corrected chi connectivity index (χ1v) is 8.27. The molecule has 19 heavy (non-hydrogen) atoms. The number of benzene rings is 1. The number of hydrogen-bond donors (Lipinski definition) is 0. The van der Waals surface area contributed by atoms with Gasteiger partial charge in [0.1, 0.15) is 12.4 Å². The van der Waals surface area contributed by atoms with Crippen LogP contribution in [0.5, 0.6) is 5.75 Å². The molecular weight excluding hydrogens is 368 g/mol. The first-order chi connectivity index (χ1) is 8.88. The van der Waals surface area contributed by atoms with Crippen LogP contribution in [-0.4, -0.2) is 6.61 Å². The number of ether oxygens (including phenoxy) is 1. The second kappa shape index (κ2) is 6.01. The highest BCUT2D eigenvalue weighted by Crippen LogP contribution is 2.39. The molecule has 0 N–H and O–H groups in total. The maximum Gasteiger partial charge on any atom is 0.137 e. The third-order valence-electron chi connectivity index (χ3n) is 3.35. The smallest absolute Gasteiger partial charge is 0.137 e. The third-order valence-corrected chi connectivity index (χ3v) is 4.40. The second-order valence-corrected chi connectivity index (χ2v) is 7.83. The van der Waals surface area contributed by atoms with Crippen molar-refractivity contribution in [2.75, 3.05) is 6.61 Å². The van der Waals surface area contributed by atoms with Gasteiger partial charge in [-0.1, -0.05) is 42.8 Å². The Hall–Kier alpha value is -0.280. The van der Waals surface area contributed by atoms with Crippen LogP contribution >= 0.6 is 31.9 Å². The van der Waals surface area contributed by atoms with Crippen molar-refractivity contribution < 1.29 is 4.74 Å². The molecule has 0 fully saturated rings. The number of rotatable bonds is 3. The van der Waals surface area contributed by atoms with E-state index in [1.165, 1.54) is 30.4 Å². The Morgan fingerprint density at radius 1 is 1.21 bits per heavy atom. The SMILES string of the molecule is CC(C)(C)c1cc(Br)cc(Br)c1OCC1=CCCC1. The molecule has 0 amide bonds. The summed E-state index contributed by atoms with van der Waals surface area (Å²) < 4.78 is 8.20. The van der Waals surface area contributed by atoms with Crippen molar-refractivity contribution >= 4 is 31.9 Å². The van der Waals surface area contributed by atoms with Gasteiger partial charge in [0, 0.05) is 10.0 Å². The van der Waals surface area contributed by atoms with Gasteiger partial charge in [-0.15, -0.1) is 0 Å². The lowest BCUT2D eigenvalue weighted by molar-refractivity contribution is 0.336. The molecule has 0 spiro atoms. The van der Waals surface area contributed by atoms with Crippen LogP contribution in [0.25, 0.3) is 0 Å². The molecule has 0 saturated heterocycles. The summed E-state index contributed by atoms with van der Waals surface area (Å²) in [5.41, 5.74) is 2.72. The van der Waals surface area contributed by atoms with Crippen molar-refractivity contribution in [3.05, 3.63) is 38.3 Å². The quantitative estimate of drug-likeness (QED) is 0.578. The zero-order chi connectivity index (χ0) is 14.0. The topological polar surface area (TPSA) is 9.23 Å². The molecule has 3 heteroatoms. The molecule has 0 aromatic heterocycles. The van der Waals surface area contributed by atoms with E-state index in [4.69, 9.17) is 4.74 Å². The predicted molar refractivity (Wildman–Crippen MR) is 88.0 cm³/mol. The average molecular weight is 388 g/mol. The van der Waals surface area contributed by atoms with Crippen LogP contribution in [0.4, 0.5) is 0 Å². The zero-order valence-corrected chi connectivity index (χ0v) is 14.9. The molecule has 0 aliphatic heterocycles. The largest absolute Gasteiger partial charge is 0.488 e. The maximum atomic E-state index is 6.10. The molecule has 1 aliphatic rings. The van der Waals surface area contributed by atoms with E-state index in [2.05, 4.69) is 64.8 Å². The Morgan fingerprint density at radius 2 is 1.95 bits per heavy atom. The van der Waals surface area contributed by atoms with Gasteiger partial charge in [-0.2, -0.15) is 0 Å². The van der Waals surface area contributed by atoms with Gasteiger partial charge in [0.05, 0.1) is 4.47 Å². The van der Waals surface area contributed by atoms with Crippen molar-refractivity contribution in [3.63, 3.8) is 0 Å². The van der Waals surface area contributed by atoms with Gasteiger partial charge < -0.3 is 4.74 Å². The highest BCUT2D eigenvalue weighted by molar-refractivity contribution is 9.11. The van der Waals surface area contributed by atoms with E-state index in [1.807, 2.05) is 6.07 Å². The van der Waals surface area contributed by atoms with Crippen LogP contribution in [-0.2, 0) is 5.41 Å².